The Labute approximate surface area is 224 Å². The van der Waals surface area contributed by atoms with Crippen molar-refractivity contribution in [1.29, 1.82) is 0 Å². The van der Waals surface area contributed by atoms with Crippen LogP contribution in [-0.4, -0.2) is 70.1 Å². The molecule has 3 N–H and O–H groups in total. The lowest BCUT2D eigenvalue weighted by atomic mass is 9.94. The molecule has 0 saturated carbocycles. The van der Waals surface area contributed by atoms with Crippen LogP contribution in [-0.2, 0) is 37.1 Å². The molecular weight excluding hydrogens is 546 g/mol. The minimum Gasteiger partial charge on any atom is -0.437 e. The first kappa shape index (κ1) is 33.2. The van der Waals surface area contributed by atoms with E-state index in [1.54, 1.807) is 41.5 Å². The molecule has 39 heavy (non-hydrogen) atoms. The van der Waals surface area contributed by atoms with Crippen molar-refractivity contribution in [3.8, 4) is 0 Å². The molecule has 0 aromatic carbocycles. The van der Waals surface area contributed by atoms with E-state index in [0.717, 1.165) is 16.8 Å². The minimum atomic E-state index is -4.64. The van der Waals surface area contributed by atoms with E-state index in [1.165, 1.54) is 6.92 Å². The number of aliphatic hydroxyl groups excluding tert-OH is 2. The van der Waals surface area contributed by atoms with Gasteiger partial charge in [-0.25, -0.2) is 18.3 Å². The van der Waals surface area contributed by atoms with Gasteiger partial charge in [-0.2, -0.15) is 0 Å². The lowest BCUT2D eigenvalue weighted by Gasteiger charge is -2.32. The summed E-state index contributed by atoms with van der Waals surface area (Å²) in [4.78, 5) is 37.6. The topological polar surface area (TPSA) is 185 Å². The Morgan fingerprint density at radius 2 is 1.82 bits per heavy atom. The third-order valence-electron chi connectivity index (χ3n) is 5.85. The number of rotatable bonds is 12. The van der Waals surface area contributed by atoms with Crippen molar-refractivity contribution in [2.75, 3.05) is 20.2 Å². The monoisotopic (exact) mass is 584 g/mol. The van der Waals surface area contributed by atoms with Crippen LogP contribution in [0.3, 0.4) is 0 Å². The van der Waals surface area contributed by atoms with E-state index in [1.807, 2.05) is 4.98 Å². The quantitative estimate of drug-likeness (QED) is 0.185. The normalized spacial score (nSPS) is 26.3. The summed E-state index contributed by atoms with van der Waals surface area (Å²) in [5.74, 6) is -0.678. The fraction of sp³-hybridized carbons (Fsp3) is 0.783. The van der Waals surface area contributed by atoms with Crippen molar-refractivity contribution in [3.05, 3.63) is 33.1 Å². The molecule has 224 valence electrons. The van der Waals surface area contributed by atoms with Gasteiger partial charge in [-0.15, -0.1) is 0 Å². The Morgan fingerprint density at radius 1 is 1.21 bits per heavy atom. The third kappa shape index (κ3) is 8.51. The zero-order valence-electron chi connectivity index (χ0n) is 23.0. The molecule has 1 aliphatic heterocycles. The van der Waals surface area contributed by atoms with Gasteiger partial charge in [0.25, 0.3) is 5.56 Å². The van der Waals surface area contributed by atoms with Gasteiger partial charge >= 0.3 is 19.5 Å². The average molecular weight is 585 g/mol. The zero-order chi connectivity index (χ0) is 29.8. The van der Waals surface area contributed by atoms with Crippen molar-refractivity contribution < 1.29 is 51.7 Å². The fourth-order valence-corrected chi connectivity index (χ4v) is 4.22. The molecule has 1 saturated heterocycles. The van der Waals surface area contributed by atoms with Crippen LogP contribution in [0.15, 0.2) is 21.9 Å². The Balaban J connectivity index is 2.21. The third-order valence-corrected chi connectivity index (χ3v) is 7.14. The maximum Gasteiger partial charge on any atom is 0.479 e. The van der Waals surface area contributed by atoms with Crippen molar-refractivity contribution >= 4 is 13.8 Å². The Bertz CT molecular complexity index is 1140. The summed E-state index contributed by atoms with van der Waals surface area (Å²) in [6.07, 6.45) is -6.05. The Hall–Kier alpha value is -1.97. The van der Waals surface area contributed by atoms with Crippen molar-refractivity contribution in [2.45, 2.75) is 85.3 Å². The summed E-state index contributed by atoms with van der Waals surface area (Å²) < 4.78 is 60.6. The van der Waals surface area contributed by atoms with E-state index < -0.39 is 86.5 Å². The number of carbonyl (C=O) groups is 1. The summed E-state index contributed by atoms with van der Waals surface area (Å²) in [6, 6.07) is 0.979. The average Bonchev–Trinajstić information content (AvgIpc) is 3.07. The molecule has 0 spiro atoms. The number of ether oxygens (including phenoxy) is 3. The number of carbonyl (C=O) groups excluding carboxylic acids is 1. The largest absolute Gasteiger partial charge is 0.479 e. The zero-order valence-corrected chi connectivity index (χ0v) is 23.9. The summed E-state index contributed by atoms with van der Waals surface area (Å²) in [5, 5.41) is 20.7. The second kappa shape index (κ2) is 12.7. The molecule has 2 heterocycles. The molecule has 1 aliphatic rings. The highest BCUT2D eigenvalue weighted by atomic mass is 31.2. The second-order valence-corrected chi connectivity index (χ2v) is 12.8. The number of aromatic nitrogens is 2. The van der Waals surface area contributed by atoms with Gasteiger partial charge in [-0.3, -0.25) is 28.2 Å². The summed E-state index contributed by atoms with van der Waals surface area (Å²) in [5.41, 5.74) is -5.13. The molecule has 6 atom stereocenters. The van der Waals surface area contributed by atoms with Crippen LogP contribution in [0.1, 0.15) is 61.1 Å². The van der Waals surface area contributed by atoms with E-state index >= 15 is 4.39 Å². The lowest BCUT2D eigenvalue weighted by molar-refractivity contribution is -0.197. The van der Waals surface area contributed by atoms with Crippen LogP contribution in [0.25, 0.3) is 0 Å². The first-order valence-corrected chi connectivity index (χ1v) is 13.6. The summed E-state index contributed by atoms with van der Waals surface area (Å²) in [7, 11) is -4.64. The van der Waals surface area contributed by atoms with Crippen LogP contribution in [0.5, 0.6) is 0 Å². The highest BCUT2D eigenvalue weighted by molar-refractivity contribution is 7.48. The molecule has 0 bridgehead atoms. The minimum absolute atomic E-state index is 0.0819. The van der Waals surface area contributed by atoms with Crippen LogP contribution in [0, 0.1) is 10.8 Å². The molecule has 1 fully saturated rings. The van der Waals surface area contributed by atoms with E-state index in [4.69, 9.17) is 27.8 Å². The van der Waals surface area contributed by atoms with Gasteiger partial charge in [-0.1, -0.05) is 27.7 Å². The number of phosphoric acid groups is 1. The summed E-state index contributed by atoms with van der Waals surface area (Å²) in [6.45, 7) is 8.95. The molecule has 2 unspecified atom stereocenters. The van der Waals surface area contributed by atoms with Crippen LogP contribution in [0.2, 0.25) is 0 Å². The maximum atomic E-state index is 15.1. The van der Waals surface area contributed by atoms with Crippen molar-refractivity contribution in [2.24, 2.45) is 10.8 Å². The number of H-pyrrole nitrogens is 1. The second-order valence-electron chi connectivity index (χ2n) is 11.1. The molecule has 0 amide bonds. The fourth-order valence-electron chi connectivity index (χ4n) is 3.24. The number of aliphatic hydroxyl groups is 2. The van der Waals surface area contributed by atoms with Gasteiger partial charge in [0.1, 0.15) is 11.7 Å². The lowest BCUT2D eigenvalue weighted by Crippen LogP contribution is -2.45. The van der Waals surface area contributed by atoms with Crippen LogP contribution >= 0.6 is 7.82 Å². The number of halogens is 1. The standard InChI is InChI=1S/C23H38FN2O12P/c1-8-23(16(28)15(24)17(38-23)26-10-9-14(27)25-20(26)31)11-35-39(32,36-12-33-18(29)21(2,3)4)37-13-34-19(30)22(5,6)7/h9-10,15-18,28-29H,8,11-13H2,1-7H3,(H,25,27,31)/t15-,16+,17-,18?,23-,39?/m1/s1. The number of hydrogen-bond donors (Lipinski definition) is 3. The van der Waals surface area contributed by atoms with Crippen LogP contribution in [0.4, 0.5) is 4.39 Å². The van der Waals surface area contributed by atoms with Gasteiger partial charge in [0.2, 0.25) is 6.79 Å². The molecule has 1 aromatic heterocycles. The van der Waals surface area contributed by atoms with Gasteiger partial charge in [0, 0.05) is 17.7 Å². The highest BCUT2D eigenvalue weighted by Crippen LogP contribution is 2.52. The van der Waals surface area contributed by atoms with Crippen molar-refractivity contribution in [1.82, 2.24) is 9.55 Å². The van der Waals surface area contributed by atoms with Gasteiger partial charge in [-0.05, 0) is 27.2 Å². The first-order valence-electron chi connectivity index (χ1n) is 12.2. The number of phosphoric ester groups is 1. The number of hydrogen-bond acceptors (Lipinski definition) is 12. The number of aromatic amines is 1. The van der Waals surface area contributed by atoms with E-state index in [2.05, 4.69) is 0 Å². The SMILES string of the molecule is CC[C@]1(COP(=O)(OCOC(=O)C(C)(C)C)OCOC(O)C(C)(C)C)O[C@@H](n2ccc(=O)[nH]c2=O)[C@H](F)[C@@H]1O. The van der Waals surface area contributed by atoms with Gasteiger partial charge in [0.15, 0.2) is 25.5 Å². The summed E-state index contributed by atoms with van der Waals surface area (Å²) >= 11 is 0. The first-order chi connectivity index (χ1) is 17.8. The molecular formula is C23H38FN2O12P. The Kier molecular flexibility index (Phi) is 10.8. The van der Waals surface area contributed by atoms with E-state index in [0.29, 0.717) is 0 Å². The van der Waals surface area contributed by atoms with Crippen molar-refractivity contribution in [3.63, 3.8) is 0 Å². The van der Waals surface area contributed by atoms with E-state index in [-0.39, 0.29) is 6.42 Å². The smallest absolute Gasteiger partial charge is 0.437 e. The number of alkyl halides is 1. The Morgan fingerprint density at radius 3 is 2.36 bits per heavy atom. The number of esters is 1. The highest BCUT2D eigenvalue weighted by Gasteiger charge is 2.56. The number of nitrogens with zero attached hydrogens (tertiary/aromatic N) is 1. The number of nitrogens with one attached hydrogen (secondary N) is 1. The molecule has 0 radical (unpaired) electrons. The van der Waals surface area contributed by atoms with Gasteiger partial charge < -0.3 is 24.4 Å². The molecule has 0 aliphatic carbocycles. The van der Waals surface area contributed by atoms with Gasteiger partial charge in [0.05, 0.1) is 12.0 Å². The predicted octanol–water partition coefficient (Wildman–Crippen LogP) is 1.96. The maximum absolute atomic E-state index is 15.1. The van der Waals surface area contributed by atoms with E-state index in [9.17, 15) is 29.2 Å². The van der Waals surface area contributed by atoms with Crippen LogP contribution < -0.4 is 11.2 Å². The molecule has 14 nitrogen and oxygen atoms in total. The predicted molar refractivity (Wildman–Crippen MR) is 133 cm³/mol. The molecule has 16 heteroatoms. The molecule has 1 aromatic rings. The molecule has 2 rings (SSSR count).